The molecule has 5 aromatic carbocycles. The van der Waals surface area contributed by atoms with E-state index in [4.69, 9.17) is 4.98 Å². The molecule has 56 heavy (non-hydrogen) atoms. The van der Waals surface area contributed by atoms with E-state index in [2.05, 4.69) is 177 Å². The molecule has 4 heteroatoms. The lowest BCUT2D eigenvalue weighted by atomic mass is 9.86. The number of rotatable bonds is 3. The van der Waals surface area contributed by atoms with Crippen LogP contribution in [0.3, 0.4) is 0 Å². The molecular weight excluding hydrogens is 681 g/mol. The normalized spacial score (nSPS) is 13.0. The quantitative estimate of drug-likeness (QED) is 0.181. The first-order valence-corrected chi connectivity index (χ1v) is 19.9. The molecule has 0 atom stereocenters. The monoisotopic (exact) mass is 734 g/mol. The van der Waals surface area contributed by atoms with Crippen molar-refractivity contribution in [3.63, 3.8) is 0 Å². The highest BCUT2D eigenvalue weighted by Gasteiger charge is 2.27. The molecule has 0 fully saturated rings. The lowest BCUT2D eigenvalue weighted by Crippen LogP contribution is -2.12. The number of nitrogens with zero attached hydrogens (tertiary/aromatic N) is 4. The Morgan fingerprint density at radius 2 is 0.786 bits per heavy atom. The average Bonchev–Trinajstić information content (AvgIpc) is 3.64. The molecule has 282 valence electrons. The van der Waals surface area contributed by atoms with Crippen molar-refractivity contribution >= 4 is 43.6 Å². The van der Waals surface area contributed by atoms with Gasteiger partial charge in [0, 0.05) is 27.1 Å². The highest BCUT2D eigenvalue weighted by molar-refractivity contribution is 6.12. The number of hydrogen-bond acceptors (Lipinski definition) is 2. The van der Waals surface area contributed by atoms with Gasteiger partial charge in [0.25, 0.3) is 0 Å². The molecule has 0 unspecified atom stereocenters. The largest absolute Gasteiger partial charge is 0.307 e. The molecule has 0 N–H and O–H groups in total. The summed E-state index contributed by atoms with van der Waals surface area (Å²) in [5, 5.41) is 15.1. The Kier molecular flexibility index (Phi) is 8.44. The van der Waals surface area contributed by atoms with E-state index in [1.165, 1.54) is 43.8 Å². The van der Waals surface area contributed by atoms with Crippen LogP contribution in [0.5, 0.6) is 0 Å². The van der Waals surface area contributed by atoms with E-state index in [0.717, 1.165) is 44.6 Å². The number of aromatic nitrogens is 3. The summed E-state index contributed by atoms with van der Waals surface area (Å²) in [6.45, 7) is 27.3. The molecule has 0 aliphatic carbocycles. The molecule has 0 amide bonds. The van der Waals surface area contributed by atoms with Crippen LogP contribution in [0, 0.1) is 11.3 Å². The van der Waals surface area contributed by atoms with Crippen LogP contribution in [-0.2, 0) is 21.7 Å². The first-order chi connectivity index (χ1) is 26.3. The van der Waals surface area contributed by atoms with E-state index in [-0.39, 0.29) is 21.7 Å². The maximum Gasteiger partial charge on any atom is 0.0991 e. The lowest BCUT2D eigenvalue weighted by Gasteiger charge is -2.23. The summed E-state index contributed by atoms with van der Waals surface area (Å²) in [7, 11) is 0. The predicted molar refractivity (Wildman–Crippen MR) is 238 cm³/mol. The second-order valence-corrected chi connectivity index (χ2v) is 19.8. The van der Waals surface area contributed by atoms with E-state index in [1.807, 2.05) is 30.6 Å². The van der Waals surface area contributed by atoms with Gasteiger partial charge in [-0.2, -0.15) is 5.26 Å². The summed E-state index contributed by atoms with van der Waals surface area (Å²) in [4.78, 5) is 5.13. The first kappa shape index (κ1) is 37.3. The second kappa shape index (κ2) is 12.7. The van der Waals surface area contributed by atoms with Gasteiger partial charge in [0.1, 0.15) is 0 Å². The Morgan fingerprint density at radius 1 is 0.446 bits per heavy atom. The van der Waals surface area contributed by atoms with Gasteiger partial charge in [-0.25, -0.2) is 0 Å². The third-order valence-electron chi connectivity index (χ3n) is 11.7. The summed E-state index contributed by atoms with van der Waals surface area (Å²) in [6.07, 6.45) is 4.05. The standard InChI is InChI=1S/C52H54N4/c1-49(2,3)34-16-20-38-39-21-17-35(50(4,5)6)26-43(39)55(42(38)25-34)46-30-54-31-47(48(46)33-15-13-14-32(24-33)29-53)56-44-27-36(51(7,8)9)18-22-40(44)41-23-19-37(28-45(41)56)52(10,11)12/h13-28,30-31H,1-12H3. The zero-order chi connectivity index (χ0) is 40.1. The minimum atomic E-state index is -0.0470. The van der Waals surface area contributed by atoms with Crippen LogP contribution in [0.25, 0.3) is 66.1 Å². The highest BCUT2D eigenvalue weighted by atomic mass is 15.0. The van der Waals surface area contributed by atoms with Gasteiger partial charge in [-0.1, -0.05) is 144 Å². The van der Waals surface area contributed by atoms with Crippen molar-refractivity contribution in [3.8, 4) is 28.6 Å². The van der Waals surface area contributed by atoms with Gasteiger partial charge in [-0.3, -0.25) is 4.98 Å². The Bertz CT molecular complexity index is 2590. The van der Waals surface area contributed by atoms with Crippen LogP contribution in [0.15, 0.2) is 109 Å². The molecule has 0 radical (unpaired) electrons. The Labute approximate surface area is 332 Å². The molecule has 8 rings (SSSR count). The summed E-state index contributed by atoms with van der Waals surface area (Å²) in [5.74, 6) is 0. The Hall–Kier alpha value is -5.66. The summed E-state index contributed by atoms with van der Waals surface area (Å²) < 4.78 is 4.88. The van der Waals surface area contributed by atoms with E-state index in [0.29, 0.717) is 5.56 Å². The minimum Gasteiger partial charge on any atom is -0.307 e. The van der Waals surface area contributed by atoms with Crippen molar-refractivity contribution in [1.29, 1.82) is 5.26 Å². The number of fused-ring (bicyclic) bond motifs is 6. The van der Waals surface area contributed by atoms with E-state index >= 15 is 0 Å². The van der Waals surface area contributed by atoms with Crippen LogP contribution in [0.4, 0.5) is 0 Å². The van der Waals surface area contributed by atoms with Gasteiger partial charge < -0.3 is 9.13 Å². The van der Waals surface area contributed by atoms with E-state index in [1.54, 1.807) is 0 Å². The molecule has 3 heterocycles. The maximum atomic E-state index is 10.2. The average molecular weight is 735 g/mol. The third kappa shape index (κ3) is 6.19. The first-order valence-electron chi connectivity index (χ1n) is 19.9. The molecule has 0 spiro atoms. The zero-order valence-electron chi connectivity index (χ0n) is 35.2. The smallest absolute Gasteiger partial charge is 0.0991 e. The number of benzene rings is 5. The SMILES string of the molecule is CC(C)(C)c1ccc2c3ccc(C(C)(C)C)cc3n(-c3cncc(-n4c5cc(C(C)(C)C)ccc5c5ccc(C(C)(C)C)cc54)c3-c3cccc(C#N)c3)c2c1. The number of nitriles is 1. The topological polar surface area (TPSA) is 46.5 Å². The van der Waals surface area contributed by atoms with Crippen LogP contribution >= 0.6 is 0 Å². The van der Waals surface area contributed by atoms with Crippen molar-refractivity contribution in [3.05, 3.63) is 137 Å². The summed E-state index contributed by atoms with van der Waals surface area (Å²) in [5.41, 5.74) is 14.0. The summed E-state index contributed by atoms with van der Waals surface area (Å²) >= 11 is 0. The fourth-order valence-electron chi connectivity index (χ4n) is 8.24. The van der Waals surface area contributed by atoms with Gasteiger partial charge in [0.05, 0.1) is 57.5 Å². The van der Waals surface area contributed by atoms with E-state index in [9.17, 15) is 5.26 Å². The second-order valence-electron chi connectivity index (χ2n) is 19.8. The molecular formula is C52H54N4. The highest BCUT2D eigenvalue weighted by Crippen LogP contribution is 2.44. The molecule has 8 aromatic rings. The fraction of sp³-hybridized carbons (Fsp3) is 0.308. The predicted octanol–water partition coefficient (Wildman–Crippen LogP) is 14.0. The van der Waals surface area contributed by atoms with Gasteiger partial charge in [-0.05, 0) is 85.9 Å². The maximum absolute atomic E-state index is 10.2. The third-order valence-corrected chi connectivity index (χ3v) is 11.7. The van der Waals surface area contributed by atoms with Gasteiger partial charge in [0.2, 0.25) is 0 Å². The molecule has 0 saturated carbocycles. The van der Waals surface area contributed by atoms with Crippen LogP contribution in [0.2, 0.25) is 0 Å². The minimum absolute atomic E-state index is 0.0470. The van der Waals surface area contributed by atoms with Crippen LogP contribution < -0.4 is 0 Å². The van der Waals surface area contributed by atoms with Crippen molar-refractivity contribution < 1.29 is 0 Å². The molecule has 0 saturated heterocycles. The number of pyridine rings is 1. The summed E-state index contributed by atoms with van der Waals surface area (Å²) in [6, 6.07) is 38.3. The molecule has 0 aliphatic heterocycles. The van der Waals surface area contributed by atoms with Gasteiger partial charge in [0.15, 0.2) is 0 Å². The van der Waals surface area contributed by atoms with Crippen LogP contribution in [0.1, 0.15) is 111 Å². The van der Waals surface area contributed by atoms with E-state index < -0.39 is 0 Å². The molecule has 4 nitrogen and oxygen atoms in total. The molecule has 0 bridgehead atoms. The Balaban J connectivity index is 1.59. The van der Waals surface area contributed by atoms with Crippen molar-refractivity contribution in [2.24, 2.45) is 0 Å². The van der Waals surface area contributed by atoms with Crippen molar-refractivity contribution in [2.75, 3.05) is 0 Å². The number of hydrogen-bond donors (Lipinski definition) is 0. The van der Waals surface area contributed by atoms with Crippen LogP contribution in [-0.4, -0.2) is 14.1 Å². The molecule has 0 aliphatic rings. The van der Waals surface area contributed by atoms with Crippen molar-refractivity contribution in [2.45, 2.75) is 105 Å². The molecule has 3 aromatic heterocycles. The zero-order valence-corrected chi connectivity index (χ0v) is 35.2. The Morgan fingerprint density at radius 3 is 1.09 bits per heavy atom. The van der Waals surface area contributed by atoms with Crippen molar-refractivity contribution in [1.82, 2.24) is 14.1 Å². The van der Waals surface area contributed by atoms with Gasteiger partial charge in [-0.15, -0.1) is 0 Å². The van der Waals surface area contributed by atoms with Gasteiger partial charge >= 0.3 is 0 Å². The lowest BCUT2D eigenvalue weighted by molar-refractivity contribution is 0.590. The fourth-order valence-corrected chi connectivity index (χ4v) is 8.24.